The molecule has 3 aliphatic heterocycles. The molecule has 3 aliphatic rings. The first-order chi connectivity index (χ1) is 22.0. The number of nitrogens with zero attached hydrogens (tertiary/aromatic N) is 1. The fraction of sp³-hybridized carbons (Fsp3) is 0.562. The molecule has 46 heavy (non-hydrogen) atoms. The molecular formula is C32H41ClF2N4O6S. The van der Waals surface area contributed by atoms with Gasteiger partial charge in [-0.25, -0.2) is 22.0 Å². The Hall–Kier alpha value is -2.84. The summed E-state index contributed by atoms with van der Waals surface area (Å²) in [7, 11) is -3.44. The van der Waals surface area contributed by atoms with Crippen LogP contribution in [0.15, 0.2) is 36.4 Å². The Morgan fingerprint density at radius 1 is 1.11 bits per heavy atom. The summed E-state index contributed by atoms with van der Waals surface area (Å²) in [6, 6.07) is 6.79. The first-order valence-electron chi connectivity index (χ1n) is 15.8. The summed E-state index contributed by atoms with van der Waals surface area (Å²) in [6.45, 7) is 2.05. The van der Waals surface area contributed by atoms with Gasteiger partial charge in [0.15, 0.2) is 0 Å². The van der Waals surface area contributed by atoms with E-state index < -0.39 is 45.6 Å². The van der Waals surface area contributed by atoms with Crippen molar-refractivity contribution < 1.29 is 36.6 Å². The molecule has 3 heterocycles. The number of hydrogen-bond acceptors (Lipinski definition) is 6. The van der Waals surface area contributed by atoms with Crippen molar-refractivity contribution >= 4 is 39.3 Å². The van der Waals surface area contributed by atoms with Crippen LogP contribution in [-0.2, 0) is 26.0 Å². The maximum Gasteiger partial charge on any atom is 0.405 e. The van der Waals surface area contributed by atoms with Crippen LogP contribution in [0.1, 0.15) is 62.0 Å². The van der Waals surface area contributed by atoms with E-state index in [-0.39, 0.29) is 40.5 Å². The molecule has 0 radical (unpaired) electrons. The molecule has 0 aromatic heterocycles. The van der Waals surface area contributed by atoms with E-state index in [9.17, 15) is 27.5 Å². The summed E-state index contributed by atoms with van der Waals surface area (Å²) in [6.07, 6.45) is 3.06. The number of carbonyl (C=O) groups is 2. The van der Waals surface area contributed by atoms with Gasteiger partial charge in [0.25, 0.3) is 0 Å². The van der Waals surface area contributed by atoms with E-state index in [0.29, 0.717) is 63.5 Å². The van der Waals surface area contributed by atoms with Crippen LogP contribution in [0, 0.1) is 17.6 Å². The number of anilines is 1. The van der Waals surface area contributed by atoms with Gasteiger partial charge in [-0.2, -0.15) is 4.31 Å². The van der Waals surface area contributed by atoms with Crippen molar-refractivity contribution in [1.29, 1.82) is 0 Å². The second-order valence-electron chi connectivity index (χ2n) is 12.4. The number of ether oxygens (including phenoxy) is 1. The first kappa shape index (κ1) is 34.5. The molecule has 2 amide bonds. The third-order valence-electron chi connectivity index (χ3n) is 9.43. The highest BCUT2D eigenvalue weighted by Crippen LogP contribution is 2.33. The van der Waals surface area contributed by atoms with Gasteiger partial charge in [-0.1, -0.05) is 23.7 Å². The van der Waals surface area contributed by atoms with Crippen molar-refractivity contribution in [3.63, 3.8) is 0 Å². The number of nitrogens with one attached hydrogen (secondary N) is 3. The zero-order valence-corrected chi connectivity index (χ0v) is 27.1. The van der Waals surface area contributed by atoms with E-state index in [4.69, 9.17) is 16.3 Å². The molecule has 3 fully saturated rings. The van der Waals surface area contributed by atoms with Gasteiger partial charge in [-0.05, 0) is 87.1 Å². The van der Waals surface area contributed by atoms with E-state index in [0.717, 1.165) is 19.3 Å². The number of halogens is 3. The second-order valence-corrected chi connectivity index (χ2v) is 14.9. The van der Waals surface area contributed by atoms with Crippen molar-refractivity contribution in [1.82, 2.24) is 14.9 Å². The number of fused-ring (bicyclic) bond motifs is 2. The second kappa shape index (κ2) is 15.4. The molecule has 2 aromatic carbocycles. The molecule has 2 bridgehead atoms. The van der Waals surface area contributed by atoms with E-state index in [1.807, 2.05) is 0 Å². The lowest BCUT2D eigenvalue weighted by Gasteiger charge is -2.37. The minimum Gasteiger partial charge on any atom is -0.465 e. The molecule has 0 spiro atoms. The molecule has 5 unspecified atom stereocenters. The van der Waals surface area contributed by atoms with E-state index in [1.165, 1.54) is 34.6 Å². The maximum absolute atomic E-state index is 15.3. The standard InChI is InChI=1S/C32H41ClF2N4O6S/c33-26-11-7-21(17-28(26)35)24(9-6-20-12-14-45-15-13-20)30(38-32(41)42)31(40)37-29-5-1-4-27(34)25(29)10-8-23-18-36-22-3-2-16-46(43,44)39(23)19-22/h1,4-5,7,11,17,20,22-24,30,36,38H,2-3,6,8-10,12-16,18-19H2,(H,37,40)(H,41,42). The average molecular weight is 683 g/mol. The van der Waals surface area contributed by atoms with Gasteiger partial charge in [-0.15, -0.1) is 0 Å². The van der Waals surface area contributed by atoms with Crippen molar-refractivity contribution in [3.05, 3.63) is 64.2 Å². The lowest BCUT2D eigenvalue weighted by Crippen LogP contribution is -2.57. The molecule has 252 valence electrons. The maximum atomic E-state index is 15.3. The van der Waals surface area contributed by atoms with Gasteiger partial charge in [-0.3, -0.25) is 4.79 Å². The fourth-order valence-electron chi connectivity index (χ4n) is 6.90. The number of carboxylic acid groups (broad SMARTS) is 1. The first-order valence-corrected chi connectivity index (χ1v) is 17.8. The molecule has 0 aliphatic carbocycles. The zero-order chi connectivity index (χ0) is 32.8. The third kappa shape index (κ3) is 8.54. The molecule has 5 atom stereocenters. The van der Waals surface area contributed by atoms with E-state index in [1.54, 1.807) is 6.07 Å². The quantitative estimate of drug-likeness (QED) is 0.265. The highest BCUT2D eigenvalue weighted by molar-refractivity contribution is 7.89. The average Bonchev–Trinajstić information content (AvgIpc) is 3.14. The van der Waals surface area contributed by atoms with Crippen LogP contribution in [0.3, 0.4) is 0 Å². The number of carbonyl (C=O) groups excluding carboxylic acids is 1. The normalized spacial score (nSPS) is 24.4. The van der Waals surface area contributed by atoms with Crippen molar-refractivity contribution in [2.75, 3.05) is 37.4 Å². The molecular weight excluding hydrogens is 642 g/mol. The van der Waals surface area contributed by atoms with Crippen molar-refractivity contribution in [2.45, 2.75) is 75.4 Å². The molecule has 4 N–H and O–H groups in total. The largest absolute Gasteiger partial charge is 0.465 e. The summed E-state index contributed by atoms with van der Waals surface area (Å²) in [4.78, 5) is 25.9. The highest BCUT2D eigenvalue weighted by atomic mass is 35.5. The number of benzene rings is 2. The summed E-state index contributed by atoms with van der Waals surface area (Å²) >= 11 is 5.93. The van der Waals surface area contributed by atoms with Gasteiger partial charge >= 0.3 is 6.09 Å². The smallest absolute Gasteiger partial charge is 0.405 e. The SMILES string of the molecule is O=C(O)NC(C(=O)Nc1cccc(F)c1CCC1CNC2CCCS(=O)(=O)N1C2)C(CCC1CCOCC1)c1ccc(Cl)c(F)c1. The summed E-state index contributed by atoms with van der Waals surface area (Å²) < 4.78 is 62.8. The van der Waals surface area contributed by atoms with E-state index in [2.05, 4.69) is 16.0 Å². The van der Waals surface area contributed by atoms with Crippen molar-refractivity contribution in [2.24, 2.45) is 5.92 Å². The topological polar surface area (TPSA) is 137 Å². The molecule has 3 saturated heterocycles. The van der Waals surface area contributed by atoms with Crippen LogP contribution in [0.25, 0.3) is 0 Å². The lowest BCUT2D eigenvalue weighted by atomic mass is 9.82. The van der Waals surface area contributed by atoms with E-state index >= 15 is 4.39 Å². The predicted octanol–water partition coefficient (Wildman–Crippen LogP) is 4.88. The van der Waals surface area contributed by atoms with Crippen LogP contribution in [0.5, 0.6) is 0 Å². The fourth-order valence-corrected chi connectivity index (χ4v) is 8.82. The Morgan fingerprint density at radius 3 is 2.63 bits per heavy atom. The monoisotopic (exact) mass is 682 g/mol. The Morgan fingerprint density at radius 2 is 1.89 bits per heavy atom. The minimum atomic E-state index is -3.44. The third-order valence-corrected chi connectivity index (χ3v) is 11.7. The molecule has 0 saturated carbocycles. The van der Waals surface area contributed by atoms with Crippen molar-refractivity contribution in [3.8, 4) is 0 Å². The number of hydrogen-bond donors (Lipinski definition) is 4. The number of piperazine rings is 1. The summed E-state index contributed by atoms with van der Waals surface area (Å²) in [5.74, 6) is -2.36. The summed E-state index contributed by atoms with van der Waals surface area (Å²) in [5.41, 5.74) is 0.757. The molecule has 5 rings (SSSR count). The Bertz CT molecular complexity index is 1510. The van der Waals surface area contributed by atoms with Gasteiger partial charge in [0.2, 0.25) is 15.9 Å². The van der Waals surface area contributed by atoms with Crippen LogP contribution in [0.2, 0.25) is 5.02 Å². The van der Waals surface area contributed by atoms with Gasteiger partial charge in [0.1, 0.15) is 17.7 Å². The highest BCUT2D eigenvalue weighted by Gasteiger charge is 2.38. The molecule has 14 heteroatoms. The summed E-state index contributed by atoms with van der Waals surface area (Å²) in [5, 5.41) is 18.1. The molecule has 10 nitrogen and oxygen atoms in total. The zero-order valence-electron chi connectivity index (χ0n) is 25.5. The predicted molar refractivity (Wildman–Crippen MR) is 171 cm³/mol. The lowest BCUT2D eigenvalue weighted by molar-refractivity contribution is -0.118. The van der Waals surface area contributed by atoms with Gasteiger partial charge in [0.05, 0.1) is 10.8 Å². The van der Waals surface area contributed by atoms with Crippen LogP contribution >= 0.6 is 11.6 Å². The number of sulfonamides is 1. The van der Waals surface area contributed by atoms with Crippen LogP contribution in [0.4, 0.5) is 19.3 Å². The number of rotatable bonds is 11. The Balaban J connectivity index is 1.37. The van der Waals surface area contributed by atoms with Gasteiger partial charge < -0.3 is 25.8 Å². The Kier molecular flexibility index (Phi) is 11.5. The van der Waals surface area contributed by atoms with Crippen LogP contribution < -0.4 is 16.0 Å². The minimum absolute atomic E-state index is 0.0772. The van der Waals surface area contributed by atoms with Gasteiger partial charge in [0, 0.05) is 55.6 Å². The number of amides is 2. The molecule has 2 aromatic rings. The van der Waals surface area contributed by atoms with Crippen LogP contribution in [-0.4, -0.2) is 80.0 Å². The Labute approximate surface area is 273 Å².